The van der Waals surface area contributed by atoms with Crippen molar-refractivity contribution in [1.29, 1.82) is 0 Å². The molecule has 1 heterocycles. The lowest BCUT2D eigenvalue weighted by Gasteiger charge is -2.30. The summed E-state index contributed by atoms with van der Waals surface area (Å²) in [5, 5.41) is 6.62. The van der Waals surface area contributed by atoms with Gasteiger partial charge in [0.25, 0.3) is 0 Å². The van der Waals surface area contributed by atoms with Crippen molar-refractivity contribution in [3.63, 3.8) is 0 Å². The van der Waals surface area contributed by atoms with Gasteiger partial charge < -0.3 is 5.32 Å². The second-order valence-electron chi connectivity index (χ2n) is 11.6. The first-order valence-electron chi connectivity index (χ1n) is 14.6. The van der Waals surface area contributed by atoms with Crippen molar-refractivity contribution >= 4 is 27.9 Å². The van der Waals surface area contributed by atoms with Crippen molar-refractivity contribution in [3.8, 4) is 0 Å². The smallest absolute Gasteiger partial charge is 0.0802 e. The number of anilines is 1. The third-order valence-electron chi connectivity index (χ3n) is 8.24. The number of nitrogens with one attached hydrogen (secondary N) is 1. The number of hydrogen-bond acceptors (Lipinski definition) is 2. The molecule has 1 aliphatic heterocycles. The third kappa shape index (κ3) is 4.95. The van der Waals surface area contributed by atoms with Gasteiger partial charge >= 0.3 is 0 Å². The standard InChI is InChI=1S/C38H38N2/c1-25(2)30-19-12-20-31(26(3)4)38(30)40-37(28-14-6-5-7-15-28)34-22-11-17-29-23-24-35(39-36(29)34)33-21-10-16-27-13-8-9-18-32(27)33/h5-22,25-26,35,39H,23-24H2,1-4H3. The van der Waals surface area contributed by atoms with Crippen LogP contribution in [0.1, 0.15) is 85.4 Å². The van der Waals surface area contributed by atoms with Gasteiger partial charge in [-0.05, 0) is 57.7 Å². The molecule has 0 amide bonds. The summed E-state index contributed by atoms with van der Waals surface area (Å²) in [6.07, 6.45) is 2.10. The van der Waals surface area contributed by atoms with E-state index in [1.54, 1.807) is 0 Å². The molecule has 2 nitrogen and oxygen atoms in total. The highest BCUT2D eigenvalue weighted by atomic mass is 14.9. The molecule has 1 unspecified atom stereocenters. The largest absolute Gasteiger partial charge is 0.377 e. The molecule has 0 aliphatic carbocycles. The van der Waals surface area contributed by atoms with Crippen molar-refractivity contribution in [1.82, 2.24) is 0 Å². The maximum absolute atomic E-state index is 5.57. The van der Waals surface area contributed by atoms with Gasteiger partial charge in [-0.1, -0.05) is 137 Å². The molecule has 0 radical (unpaired) electrons. The van der Waals surface area contributed by atoms with Crippen molar-refractivity contribution in [2.75, 3.05) is 5.32 Å². The topological polar surface area (TPSA) is 24.4 Å². The number of fused-ring (bicyclic) bond motifs is 2. The van der Waals surface area contributed by atoms with Crippen LogP contribution in [0.2, 0.25) is 0 Å². The lowest BCUT2D eigenvalue weighted by molar-refractivity contribution is 0.672. The Kier molecular flexibility index (Phi) is 7.26. The number of aliphatic imine (C=N–C) groups is 1. The molecular weight excluding hydrogens is 484 g/mol. The molecule has 0 fully saturated rings. The summed E-state index contributed by atoms with van der Waals surface area (Å²) in [5.74, 6) is 0.765. The third-order valence-corrected chi connectivity index (χ3v) is 8.24. The molecule has 0 saturated heterocycles. The van der Waals surface area contributed by atoms with Crippen LogP contribution in [0.4, 0.5) is 11.4 Å². The summed E-state index contributed by atoms with van der Waals surface area (Å²) in [5.41, 5.74) is 11.0. The summed E-state index contributed by atoms with van der Waals surface area (Å²) in [6.45, 7) is 9.06. The summed E-state index contributed by atoms with van der Waals surface area (Å²) >= 11 is 0. The zero-order valence-electron chi connectivity index (χ0n) is 24.0. The average molecular weight is 523 g/mol. The van der Waals surface area contributed by atoms with Crippen molar-refractivity contribution < 1.29 is 0 Å². The molecule has 0 spiro atoms. The van der Waals surface area contributed by atoms with Crippen LogP contribution in [0.25, 0.3) is 10.8 Å². The molecule has 0 saturated carbocycles. The summed E-state index contributed by atoms with van der Waals surface area (Å²) in [7, 11) is 0. The van der Waals surface area contributed by atoms with Gasteiger partial charge in [0.05, 0.1) is 17.4 Å². The van der Waals surface area contributed by atoms with Crippen LogP contribution in [0, 0.1) is 0 Å². The quantitative estimate of drug-likeness (QED) is 0.220. The minimum absolute atomic E-state index is 0.242. The monoisotopic (exact) mass is 522 g/mol. The minimum atomic E-state index is 0.242. The Labute approximate surface area is 238 Å². The van der Waals surface area contributed by atoms with Gasteiger partial charge in [0.2, 0.25) is 0 Å². The van der Waals surface area contributed by atoms with Crippen LogP contribution in [0.3, 0.4) is 0 Å². The molecule has 0 bridgehead atoms. The second kappa shape index (κ2) is 11.1. The van der Waals surface area contributed by atoms with Gasteiger partial charge in [-0.3, -0.25) is 0 Å². The van der Waals surface area contributed by atoms with E-state index in [0.717, 1.165) is 29.8 Å². The number of hydrogen-bond donors (Lipinski definition) is 1. The molecule has 5 aromatic carbocycles. The molecule has 1 atom stereocenters. The predicted octanol–water partition coefficient (Wildman–Crippen LogP) is 10.4. The number of nitrogens with zero attached hydrogens (tertiary/aromatic N) is 1. The van der Waals surface area contributed by atoms with Crippen LogP contribution >= 0.6 is 0 Å². The Morgan fingerprint density at radius 3 is 2.10 bits per heavy atom. The van der Waals surface area contributed by atoms with E-state index in [1.807, 2.05) is 0 Å². The van der Waals surface area contributed by atoms with Gasteiger partial charge in [-0.15, -0.1) is 0 Å². The highest BCUT2D eigenvalue weighted by Gasteiger charge is 2.25. The molecule has 6 rings (SSSR count). The fraction of sp³-hybridized carbons (Fsp3) is 0.237. The first-order chi connectivity index (χ1) is 19.5. The summed E-state index contributed by atoms with van der Waals surface area (Å²) in [6, 6.07) is 39.7. The van der Waals surface area contributed by atoms with Crippen molar-refractivity contribution in [2.45, 2.75) is 58.4 Å². The number of para-hydroxylation sites is 2. The van der Waals surface area contributed by atoms with Gasteiger partial charge in [0.1, 0.15) is 0 Å². The molecular formula is C38H38N2. The molecule has 200 valence electrons. The van der Waals surface area contributed by atoms with E-state index >= 15 is 0 Å². The number of benzene rings is 5. The van der Waals surface area contributed by atoms with Gasteiger partial charge in [0, 0.05) is 16.8 Å². The minimum Gasteiger partial charge on any atom is -0.377 e. The Hall–Kier alpha value is -4.17. The van der Waals surface area contributed by atoms with E-state index in [9.17, 15) is 0 Å². The normalized spacial score (nSPS) is 15.3. The highest BCUT2D eigenvalue weighted by Crippen LogP contribution is 2.40. The fourth-order valence-corrected chi connectivity index (χ4v) is 6.14. The number of rotatable bonds is 6. The second-order valence-corrected chi connectivity index (χ2v) is 11.6. The molecule has 1 aliphatic rings. The summed E-state index contributed by atoms with van der Waals surface area (Å²) in [4.78, 5) is 5.57. The Balaban J connectivity index is 1.53. The van der Waals surface area contributed by atoms with Crippen molar-refractivity contribution in [3.05, 3.63) is 143 Å². The predicted molar refractivity (Wildman–Crippen MR) is 171 cm³/mol. The van der Waals surface area contributed by atoms with Crippen LogP contribution in [-0.4, -0.2) is 5.71 Å². The molecule has 1 N–H and O–H groups in total. The van der Waals surface area contributed by atoms with E-state index in [0.29, 0.717) is 11.8 Å². The highest BCUT2D eigenvalue weighted by molar-refractivity contribution is 6.17. The van der Waals surface area contributed by atoms with E-state index < -0.39 is 0 Å². The van der Waals surface area contributed by atoms with Gasteiger partial charge in [-0.2, -0.15) is 0 Å². The molecule has 40 heavy (non-hydrogen) atoms. The lowest BCUT2D eigenvalue weighted by Crippen LogP contribution is -2.21. The maximum Gasteiger partial charge on any atom is 0.0802 e. The Morgan fingerprint density at radius 2 is 1.35 bits per heavy atom. The SMILES string of the molecule is CC(C)c1cccc(C(C)C)c1N=C(c1ccccc1)c1cccc2c1NC(c1cccc3ccccc13)CC2. The maximum atomic E-state index is 5.57. The lowest BCUT2D eigenvalue weighted by atomic mass is 9.87. The first-order valence-corrected chi connectivity index (χ1v) is 14.6. The fourth-order valence-electron chi connectivity index (χ4n) is 6.14. The van der Waals surface area contributed by atoms with Crippen LogP contribution in [-0.2, 0) is 6.42 Å². The van der Waals surface area contributed by atoms with Crippen LogP contribution < -0.4 is 5.32 Å². The van der Waals surface area contributed by atoms with Crippen LogP contribution in [0.5, 0.6) is 0 Å². The van der Waals surface area contributed by atoms with Crippen LogP contribution in [0.15, 0.2) is 114 Å². The summed E-state index contributed by atoms with van der Waals surface area (Å²) < 4.78 is 0. The average Bonchev–Trinajstić information content (AvgIpc) is 2.99. The Morgan fingerprint density at radius 1 is 0.700 bits per heavy atom. The van der Waals surface area contributed by atoms with E-state index in [2.05, 4.69) is 142 Å². The van der Waals surface area contributed by atoms with E-state index in [4.69, 9.17) is 4.99 Å². The zero-order chi connectivity index (χ0) is 27.6. The van der Waals surface area contributed by atoms with E-state index in [1.165, 1.54) is 44.3 Å². The molecule has 2 heteroatoms. The van der Waals surface area contributed by atoms with E-state index in [-0.39, 0.29) is 6.04 Å². The Bertz CT molecular complexity index is 1650. The zero-order valence-corrected chi connectivity index (χ0v) is 24.0. The number of aryl methyl sites for hydroxylation is 1. The first kappa shape index (κ1) is 26.1. The molecule has 0 aromatic heterocycles. The van der Waals surface area contributed by atoms with Gasteiger partial charge in [-0.25, -0.2) is 4.99 Å². The van der Waals surface area contributed by atoms with Gasteiger partial charge in [0.15, 0.2) is 0 Å². The molecule has 5 aromatic rings. The van der Waals surface area contributed by atoms with Crippen molar-refractivity contribution in [2.24, 2.45) is 4.99 Å².